The minimum absolute atomic E-state index is 0. The summed E-state index contributed by atoms with van der Waals surface area (Å²) in [4.78, 5) is 21.6. The van der Waals surface area contributed by atoms with Crippen LogP contribution in [0.1, 0.15) is 25.3 Å². The zero-order chi connectivity index (χ0) is 20.5. The molecule has 3 rings (SSSR count). The van der Waals surface area contributed by atoms with Crippen LogP contribution >= 0.6 is 35.6 Å². The van der Waals surface area contributed by atoms with Gasteiger partial charge in [-0.15, -0.1) is 24.0 Å². The molecule has 0 bridgehead atoms. The van der Waals surface area contributed by atoms with Gasteiger partial charge in [0, 0.05) is 44.3 Å². The molecule has 0 atom stereocenters. The summed E-state index contributed by atoms with van der Waals surface area (Å²) >= 11 is 6.03. The third-order valence-corrected chi connectivity index (χ3v) is 5.50. The predicted octanol–water partition coefficient (Wildman–Crippen LogP) is 3.35. The maximum atomic E-state index is 12.6. The summed E-state index contributed by atoms with van der Waals surface area (Å²) in [5, 5.41) is 4.06. The molecule has 1 amide bonds. The van der Waals surface area contributed by atoms with E-state index in [2.05, 4.69) is 23.2 Å². The first-order valence-corrected chi connectivity index (χ1v) is 10.8. The number of ether oxygens (including phenoxy) is 1. The second-order valence-corrected chi connectivity index (χ2v) is 7.78. The van der Waals surface area contributed by atoms with Gasteiger partial charge in [0.1, 0.15) is 0 Å². The van der Waals surface area contributed by atoms with Gasteiger partial charge in [-0.05, 0) is 37.5 Å². The van der Waals surface area contributed by atoms with E-state index >= 15 is 0 Å². The SMILES string of the molecule is CCNC(=NCCC1=CCOCC1)N1CCN(C(=O)Cc2cccc(Cl)c2)CC1.I. The van der Waals surface area contributed by atoms with Crippen molar-refractivity contribution in [1.82, 2.24) is 15.1 Å². The molecule has 1 fully saturated rings. The molecule has 0 aliphatic carbocycles. The molecule has 0 unspecified atom stereocenters. The Morgan fingerprint density at radius 2 is 2.00 bits per heavy atom. The van der Waals surface area contributed by atoms with E-state index in [9.17, 15) is 4.79 Å². The molecule has 6 nitrogen and oxygen atoms in total. The number of amides is 1. The monoisotopic (exact) mass is 546 g/mol. The number of piperazine rings is 1. The average Bonchev–Trinajstić information content (AvgIpc) is 2.74. The number of benzene rings is 1. The minimum atomic E-state index is 0. The van der Waals surface area contributed by atoms with Crippen LogP contribution in [0.2, 0.25) is 5.02 Å². The van der Waals surface area contributed by atoms with Crippen molar-refractivity contribution in [3.8, 4) is 0 Å². The van der Waals surface area contributed by atoms with Gasteiger partial charge in [0.15, 0.2) is 5.96 Å². The molecule has 2 aliphatic rings. The normalized spacial score (nSPS) is 17.3. The highest BCUT2D eigenvalue weighted by Crippen LogP contribution is 2.14. The summed E-state index contributed by atoms with van der Waals surface area (Å²) in [6.07, 6.45) is 4.57. The minimum Gasteiger partial charge on any atom is -0.377 e. The Morgan fingerprint density at radius 1 is 1.23 bits per heavy atom. The topological polar surface area (TPSA) is 57.2 Å². The smallest absolute Gasteiger partial charge is 0.227 e. The molecule has 0 saturated carbocycles. The number of rotatable bonds is 6. The maximum absolute atomic E-state index is 12.6. The first kappa shape index (κ1) is 24.9. The van der Waals surface area contributed by atoms with Crippen LogP contribution in [0.15, 0.2) is 40.9 Å². The largest absolute Gasteiger partial charge is 0.377 e. The molecule has 1 aromatic rings. The van der Waals surface area contributed by atoms with Gasteiger partial charge in [0.2, 0.25) is 5.91 Å². The summed E-state index contributed by atoms with van der Waals surface area (Å²) in [6, 6.07) is 7.52. The van der Waals surface area contributed by atoms with E-state index in [0.29, 0.717) is 24.5 Å². The molecular weight excluding hydrogens is 515 g/mol. The van der Waals surface area contributed by atoms with Crippen molar-refractivity contribution in [2.45, 2.75) is 26.2 Å². The van der Waals surface area contributed by atoms with Crippen molar-refractivity contribution in [2.24, 2.45) is 4.99 Å². The number of nitrogens with one attached hydrogen (secondary N) is 1. The van der Waals surface area contributed by atoms with Gasteiger partial charge in [-0.25, -0.2) is 0 Å². The highest BCUT2D eigenvalue weighted by molar-refractivity contribution is 14.0. The van der Waals surface area contributed by atoms with E-state index in [4.69, 9.17) is 21.3 Å². The molecule has 2 heterocycles. The average molecular weight is 547 g/mol. The van der Waals surface area contributed by atoms with Crippen LogP contribution in [0, 0.1) is 0 Å². The van der Waals surface area contributed by atoms with Gasteiger partial charge in [-0.2, -0.15) is 0 Å². The second-order valence-electron chi connectivity index (χ2n) is 7.35. The lowest BCUT2D eigenvalue weighted by atomic mass is 10.1. The van der Waals surface area contributed by atoms with Crippen LogP contribution < -0.4 is 5.32 Å². The number of guanidine groups is 1. The Kier molecular flexibility index (Phi) is 11.0. The van der Waals surface area contributed by atoms with Crippen molar-refractivity contribution in [2.75, 3.05) is 52.5 Å². The summed E-state index contributed by atoms with van der Waals surface area (Å²) in [7, 11) is 0. The Hall–Kier alpha value is -1.32. The van der Waals surface area contributed by atoms with Crippen LogP contribution in [0.25, 0.3) is 0 Å². The fourth-order valence-electron chi connectivity index (χ4n) is 3.62. The fourth-order valence-corrected chi connectivity index (χ4v) is 3.84. The molecule has 1 N–H and O–H groups in total. The number of hydrogen-bond donors (Lipinski definition) is 1. The second kappa shape index (κ2) is 13.2. The Labute approximate surface area is 201 Å². The third-order valence-electron chi connectivity index (χ3n) is 5.26. The summed E-state index contributed by atoms with van der Waals surface area (Å²) in [5.74, 6) is 1.10. The number of aliphatic imine (C=N–C) groups is 1. The first-order valence-electron chi connectivity index (χ1n) is 10.5. The van der Waals surface area contributed by atoms with Gasteiger partial charge in [0.25, 0.3) is 0 Å². The summed E-state index contributed by atoms with van der Waals surface area (Å²) in [5.41, 5.74) is 2.40. The van der Waals surface area contributed by atoms with Gasteiger partial charge >= 0.3 is 0 Å². The molecule has 0 spiro atoms. The zero-order valence-corrected chi connectivity index (χ0v) is 20.7. The van der Waals surface area contributed by atoms with Crippen LogP contribution in [-0.4, -0.2) is 74.1 Å². The van der Waals surface area contributed by atoms with Crippen molar-refractivity contribution in [3.05, 3.63) is 46.5 Å². The summed E-state index contributed by atoms with van der Waals surface area (Å²) in [6.45, 7) is 8.27. The number of carbonyl (C=O) groups excluding carboxylic acids is 1. The van der Waals surface area contributed by atoms with E-state index in [-0.39, 0.29) is 29.9 Å². The lowest BCUT2D eigenvalue weighted by Gasteiger charge is -2.36. The lowest BCUT2D eigenvalue weighted by molar-refractivity contribution is -0.131. The van der Waals surface area contributed by atoms with E-state index in [1.807, 2.05) is 29.2 Å². The maximum Gasteiger partial charge on any atom is 0.227 e. The quantitative estimate of drug-likeness (QED) is 0.257. The Morgan fingerprint density at radius 3 is 2.67 bits per heavy atom. The highest BCUT2D eigenvalue weighted by Gasteiger charge is 2.23. The van der Waals surface area contributed by atoms with E-state index in [1.165, 1.54) is 5.57 Å². The molecule has 8 heteroatoms. The number of nitrogens with zero attached hydrogens (tertiary/aromatic N) is 3. The van der Waals surface area contributed by atoms with Crippen LogP contribution in [0.3, 0.4) is 0 Å². The van der Waals surface area contributed by atoms with Crippen molar-refractivity contribution >= 4 is 47.4 Å². The molecular formula is C22H32ClIN4O2. The van der Waals surface area contributed by atoms with Gasteiger partial charge in [0.05, 0.1) is 19.6 Å². The number of hydrogen-bond acceptors (Lipinski definition) is 3. The number of carbonyl (C=O) groups is 1. The zero-order valence-electron chi connectivity index (χ0n) is 17.6. The van der Waals surface area contributed by atoms with Crippen molar-refractivity contribution in [1.29, 1.82) is 0 Å². The Balaban J connectivity index is 0.00000320. The molecule has 0 radical (unpaired) electrons. The Bertz CT molecular complexity index is 748. The third kappa shape index (κ3) is 7.74. The van der Waals surface area contributed by atoms with Crippen LogP contribution in [0.5, 0.6) is 0 Å². The first-order chi connectivity index (χ1) is 14.2. The molecule has 2 aliphatic heterocycles. The highest BCUT2D eigenvalue weighted by atomic mass is 127. The van der Waals surface area contributed by atoms with E-state index in [1.54, 1.807) is 0 Å². The fraction of sp³-hybridized carbons (Fsp3) is 0.545. The van der Waals surface area contributed by atoms with Crippen LogP contribution in [0.4, 0.5) is 0 Å². The molecule has 0 aromatic heterocycles. The lowest BCUT2D eigenvalue weighted by Crippen LogP contribution is -2.54. The van der Waals surface area contributed by atoms with Crippen molar-refractivity contribution < 1.29 is 9.53 Å². The molecule has 1 saturated heterocycles. The molecule has 1 aromatic carbocycles. The summed E-state index contributed by atoms with van der Waals surface area (Å²) < 4.78 is 5.36. The predicted molar refractivity (Wildman–Crippen MR) is 133 cm³/mol. The van der Waals surface area contributed by atoms with Gasteiger partial charge < -0.3 is 19.9 Å². The van der Waals surface area contributed by atoms with E-state index < -0.39 is 0 Å². The van der Waals surface area contributed by atoms with E-state index in [0.717, 1.165) is 63.8 Å². The molecule has 30 heavy (non-hydrogen) atoms. The van der Waals surface area contributed by atoms with Crippen molar-refractivity contribution in [3.63, 3.8) is 0 Å². The standard InChI is InChI=1S/C22H31ClN4O2.HI/c1-2-24-22(25-9-6-18-7-14-29-15-8-18)27-12-10-26(11-13-27)21(28)17-19-4-3-5-20(23)16-19;/h3-5,7,16H,2,6,8-15,17H2,1H3,(H,24,25);1H. The van der Waals surface area contributed by atoms with Crippen LogP contribution in [-0.2, 0) is 16.0 Å². The van der Waals surface area contributed by atoms with Gasteiger partial charge in [-0.3, -0.25) is 9.79 Å². The molecule has 166 valence electrons. The van der Waals surface area contributed by atoms with Gasteiger partial charge in [-0.1, -0.05) is 35.4 Å². The number of halogens is 2.